The molecule has 1 aliphatic rings. The van der Waals surface area contributed by atoms with Gasteiger partial charge in [-0.05, 0) is 47.6 Å². The molecule has 0 aliphatic carbocycles. The van der Waals surface area contributed by atoms with Crippen molar-refractivity contribution in [2.75, 3.05) is 26.7 Å². The topological polar surface area (TPSA) is 19.7 Å². The minimum Gasteiger partial charge on any atom is -0.318 e. The summed E-state index contributed by atoms with van der Waals surface area (Å²) >= 11 is 3.73. The van der Waals surface area contributed by atoms with Gasteiger partial charge < -0.3 is 9.72 Å². The Morgan fingerprint density at radius 3 is 3.00 bits per heavy atom. The molecule has 2 aromatic rings. The molecule has 1 fully saturated rings. The number of nitrogens with one attached hydrogen (secondary N) is 1. The van der Waals surface area contributed by atoms with Gasteiger partial charge >= 0.3 is 0 Å². The van der Waals surface area contributed by atoms with Gasteiger partial charge in [-0.3, -0.25) is 4.90 Å². The van der Waals surface area contributed by atoms with Gasteiger partial charge in [0.2, 0.25) is 0 Å². The molecule has 0 radical (unpaired) electrons. The van der Waals surface area contributed by atoms with Crippen molar-refractivity contribution in [3.63, 3.8) is 0 Å². The van der Waals surface area contributed by atoms with Crippen LogP contribution in [0.5, 0.6) is 0 Å². The Kier molecular flexibility index (Phi) is 3.18. The second-order valence-corrected chi connectivity index (χ2v) is 5.77. The molecule has 1 unspecified atom stereocenters. The fraction of sp³-hybridized carbons (Fsp3) is 0.429. The van der Waals surface area contributed by atoms with Crippen LogP contribution in [0.1, 0.15) is 17.3 Å². The van der Waals surface area contributed by atoms with E-state index in [1.807, 2.05) is 0 Å². The molecule has 18 heavy (non-hydrogen) atoms. The summed E-state index contributed by atoms with van der Waals surface area (Å²) in [4.78, 5) is 2.44. The van der Waals surface area contributed by atoms with Gasteiger partial charge in [-0.2, -0.15) is 0 Å². The van der Waals surface area contributed by atoms with Crippen LogP contribution in [-0.4, -0.2) is 36.0 Å². The molecule has 0 bridgehead atoms. The third-order valence-corrected chi connectivity index (χ3v) is 4.89. The maximum Gasteiger partial charge on any atom is 0.0631 e. The quantitative estimate of drug-likeness (QED) is 0.873. The zero-order valence-electron chi connectivity index (χ0n) is 10.8. The highest BCUT2D eigenvalue weighted by molar-refractivity contribution is 9.10. The van der Waals surface area contributed by atoms with Gasteiger partial charge in [0.1, 0.15) is 0 Å². The van der Waals surface area contributed by atoms with Crippen LogP contribution in [0.4, 0.5) is 0 Å². The van der Waals surface area contributed by atoms with E-state index in [1.54, 1.807) is 0 Å². The summed E-state index contributed by atoms with van der Waals surface area (Å²) in [6.45, 7) is 5.40. The fourth-order valence-electron chi connectivity index (χ4n) is 2.84. The first-order chi connectivity index (χ1) is 8.70. The normalized spacial score (nSPS) is 21.6. The number of fused-ring (bicyclic) bond motifs is 1. The summed E-state index contributed by atoms with van der Waals surface area (Å²) in [6.07, 6.45) is 2.16. The second-order valence-electron chi connectivity index (χ2n) is 4.98. The molecule has 1 atom stereocenters. The second kappa shape index (κ2) is 4.68. The van der Waals surface area contributed by atoms with Crippen LogP contribution in [0.15, 0.2) is 28.9 Å². The third-order valence-electron chi connectivity index (χ3n) is 3.88. The van der Waals surface area contributed by atoms with E-state index in [4.69, 9.17) is 0 Å². The molecule has 3 heterocycles. The molecule has 3 rings (SSSR count). The number of rotatable bonds is 1. The zero-order chi connectivity index (χ0) is 12.7. The van der Waals surface area contributed by atoms with Gasteiger partial charge in [-0.25, -0.2) is 0 Å². The molecule has 0 amide bonds. The highest BCUT2D eigenvalue weighted by Gasteiger charge is 2.26. The SMILES string of the molecule is Cc1c(Br)c2ccccn2c1C1CNCCN1C. The zero-order valence-corrected chi connectivity index (χ0v) is 12.4. The number of piperazine rings is 1. The summed E-state index contributed by atoms with van der Waals surface area (Å²) in [5, 5.41) is 3.49. The first-order valence-corrected chi connectivity index (χ1v) is 7.15. The highest BCUT2D eigenvalue weighted by Crippen LogP contribution is 2.33. The van der Waals surface area contributed by atoms with Gasteiger partial charge in [0, 0.05) is 36.0 Å². The molecular formula is C14H18BrN3. The lowest BCUT2D eigenvalue weighted by atomic mass is 10.1. The van der Waals surface area contributed by atoms with Crippen molar-refractivity contribution in [1.82, 2.24) is 14.6 Å². The van der Waals surface area contributed by atoms with Crippen molar-refractivity contribution < 1.29 is 0 Å². The van der Waals surface area contributed by atoms with Gasteiger partial charge in [-0.15, -0.1) is 0 Å². The molecule has 0 aromatic carbocycles. The summed E-state index contributed by atoms with van der Waals surface area (Å²) < 4.78 is 3.53. The number of hydrogen-bond donors (Lipinski definition) is 1. The maximum absolute atomic E-state index is 3.73. The van der Waals surface area contributed by atoms with Crippen molar-refractivity contribution >= 4 is 21.4 Å². The van der Waals surface area contributed by atoms with Crippen LogP contribution in [-0.2, 0) is 0 Å². The monoisotopic (exact) mass is 307 g/mol. The number of nitrogens with zero attached hydrogens (tertiary/aromatic N) is 2. The smallest absolute Gasteiger partial charge is 0.0631 e. The Morgan fingerprint density at radius 1 is 1.39 bits per heavy atom. The minimum atomic E-state index is 0.444. The first kappa shape index (κ1) is 12.2. The van der Waals surface area contributed by atoms with Crippen molar-refractivity contribution in [3.05, 3.63) is 40.1 Å². The molecule has 96 valence electrons. The fourth-order valence-corrected chi connectivity index (χ4v) is 3.37. The summed E-state index contributed by atoms with van der Waals surface area (Å²) in [5.74, 6) is 0. The van der Waals surface area contributed by atoms with Crippen molar-refractivity contribution in [3.8, 4) is 0 Å². The number of likely N-dealkylation sites (N-methyl/N-ethyl adjacent to an activating group) is 1. The van der Waals surface area contributed by atoms with E-state index in [1.165, 1.54) is 21.2 Å². The van der Waals surface area contributed by atoms with Crippen LogP contribution in [0.2, 0.25) is 0 Å². The van der Waals surface area contributed by atoms with E-state index in [0.717, 1.165) is 19.6 Å². The van der Waals surface area contributed by atoms with Gasteiger partial charge in [0.15, 0.2) is 0 Å². The van der Waals surface area contributed by atoms with E-state index >= 15 is 0 Å². The number of aromatic nitrogens is 1. The summed E-state index contributed by atoms with van der Waals surface area (Å²) in [6, 6.07) is 6.79. The lowest BCUT2D eigenvalue weighted by Crippen LogP contribution is -2.44. The van der Waals surface area contributed by atoms with Crippen LogP contribution in [0.25, 0.3) is 5.52 Å². The van der Waals surface area contributed by atoms with Crippen LogP contribution < -0.4 is 5.32 Å². The Hall–Kier alpha value is -0.840. The Morgan fingerprint density at radius 2 is 2.22 bits per heavy atom. The Labute approximate surface area is 116 Å². The van der Waals surface area contributed by atoms with E-state index in [9.17, 15) is 0 Å². The average Bonchev–Trinajstić information content (AvgIpc) is 2.64. The molecular weight excluding hydrogens is 290 g/mol. The lowest BCUT2D eigenvalue weighted by molar-refractivity contribution is 0.197. The number of pyridine rings is 1. The molecule has 1 aliphatic heterocycles. The Balaban J connectivity index is 2.18. The lowest BCUT2D eigenvalue weighted by Gasteiger charge is -2.33. The van der Waals surface area contributed by atoms with Crippen LogP contribution >= 0.6 is 15.9 Å². The van der Waals surface area contributed by atoms with Crippen molar-refractivity contribution in [2.24, 2.45) is 0 Å². The van der Waals surface area contributed by atoms with Gasteiger partial charge in [-0.1, -0.05) is 6.07 Å². The van der Waals surface area contributed by atoms with E-state index in [0.29, 0.717) is 6.04 Å². The molecule has 0 saturated carbocycles. The van der Waals surface area contributed by atoms with Crippen LogP contribution in [0.3, 0.4) is 0 Å². The first-order valence-electron chi connectivity index (χ1n) is 6.36. The molecule has 4 heteroatoms. The van der Waals surface area contributed by atoms with Crippen LogP contribution in [0, 0.1) is 6.92 Å². The van der Waals surface area contributed by atoms with Gasteiger partial charge in [0.05, 0.1) is 11.6 Å². The van der Waals surface area contributed by atoms with E-state index in [-0.39, 0.29) is 0 Å². The predicted octanol–water partition coefficient (Wildman–Crippen LogP) is 2.59. The molecule has 1 saturated heterocycles. The van der Waals surface area contributed by atoms with Crippen molar-refractivity contribution in [2.45, 2.75) is 13.0 Å². The minimum absolute atomic E-state index is 0.444. The standard InChI is InChI=1S/C14H18BrN3/c1-10-13(15)11-5-3-4-7-18(11)14(10)12-9-16-6-8-17(12)2/h3-5,7,12,16H,6,8-9H2,1-2H3. The Bertz CT molecular complexity index is 576. The number of hydrogen-bond acceptors (Lipinski definition) is 2. The maximum atomic E-state index is 3.73. The summed E-state index contributed by atoms with van der Waals surface area (Å²) in [5.41, 5.74) is 4.00. The van der Waals surface area contributed by atoms with E-state index < -0.39 is 0 Å². The third kappa shape index (κ3) is 1.79. The predicted molar refractivity (Wildman–Crippen MR) is 78.1 cm³/mol. The number of halogens is 1. The average molecular weight is 308 g/mol. The summed E-state index contributed by atoms with van der Waals surface area (Å²) in [7, 11) is 2.21. The van der Waals surface area contributed by atoms with Crippen molar-refractivity contribution in [1.29, 1.82) is 0 Å². The van der Waals surface area contributed by atoms with E-state index in [2.05, 4.69) is 68.9 Å². The largest absolute Gasteiger partial charge is 0.318 e. The molecule has 2 aromatic heterocycles. The van der Waals surface area contributed by atoms with Gasteiger partial charge in [0.25, 0.3) is 0 Å². The molecule has 3 nitrogen and oxygen atoms in total. The molecule has 1 N–H and O–H groups in total. The highest BCUT2D eigenvalue weighted by atomic mass is 79.9. The molecule has 0 spiro atoms.